The molecule has 1 aromatic heterocycles. The summed E-state index contributed by atoms with van der Waals surface area (Å²) in [5, 5.41) is 9.70. The first kappa shape index (κ1) is 17.9. The molecule has 2 heterocycles. The van der Waals surface area contributed by atoms with E-state index in [2.05, 4.69) is 10.2 Å². The van der Waals surface area contributed by atoms with Gasteiger partial charge in [-0.25, -0.2) is 0 Å². The van der Waals surface area contributed by atoms with Gasteiger partial charge in [-0.15, -0.1) is 10.2 Å². The lowest BCUT2D eigenvalue weighted by Gasteiger charge is -2.13. The van der Waals surface area contributed by atoms with Crippen LogP contribution < -0.4 is 4.74 Å². The Morgan fingerprint density at radius 3 is 2.67 bits per heavy atom. The Morgan fingerprint density at radius 2 is 1.96 bits per heavy atom. The van der Waals surface area contributed by atoms with Gasteiger partial charge in [-0.05, 0) is 36.4 Å². The number of rotatable bonds is 5. The summed E-state index contributed by atoms with van der Waals surface area (Å²) < 4.78 is 12.5. The van der Waals surface area contributed by atoms with Crippen molar-refractivity contribution >= 4 is 29.3 Å². The van der Waals surface area contributed by atoms with Crippen molar-refractivity contribution in [3.63, 3.8) is 0 Å². The van der Waals surface area contributed by atoms with E-state index in [-0.39, 0.29) is 11.2 Å². The molecule has 6 nitrogen and oxygen atoms in total. The second kappa shape index (κ2) is 7.62. The predicted molar refractivity (Wildman–Crippen MR) is 104 cm³/mol. The van der Waals surface area contributed by atoms with Gasteiger partial charge < -0.3 is 9.47 Å². The quantitative estimate of drug-likeness (QED) is 0.602. The number of esters is 1. The molecule has 0 spiro atoms. The van der Waals surface area contributed by atoms with Crippen LogP contribution in [0.2, 0.25) is 5.02 Å². The molecule has 0 bridgehead atoms. The summed E-state index contributed by atoms with van der Waals surface area (Å²) >= 11 is 7.40. The molecule has 0 aliphatic carbocycles. The fraction of sp³-hybridized carbons (Fsp3) is 0.211. The van der Waals surface area contributed by atoms with Crippen LogP contribution in [0.1, 0.15) is 6.42 Å². The summed E-state index contributed by atoms with van der Waals surface area (Å²) in [6.07, 6.45) is 0.654. The van der Waals surface area contributed by atoms with E-state index in [4.69, 9.17) is 21.1 Å². The van der Waals surface area contributed by atoms with Crippen LogP contribution in [0, 0.1) is 0 Å². The first-order valence-electron chi connectivity index (χ1n) is 8.35. The van der Waals surface area contributed by atoms with E-state index in [0.717, 1.165) is 11.3 Å². The molecule has 0 radical (unpaired) electrons. The second-order valence-electron chi connectivity index (χ2n) is 5.88. The maximum Gasteiger partial charge on any atom is 0.319 e. The number of carbonyl (C=O) groups is 1. The lowest BCUT2D eigenvalue weighted by atomic mass is 10.2. The number of cyclic esters (lactones) is 1. The molecule has 2 aromatic carbocycles. The maximum absolute atomic E-state index is 11.9. The molecule has 0 amide bonds. The van der Waals surface area contributed by atoms with Crippen LogP contribution in [0.15, 0.2) is 53.7 Å². The average Bonchev–Trinajstić information content (AvgIpc) is 3.29. The molecule has 1 fully saturated rings. The topological polar surface area (TPSA) is 66.2 Å². The Kier molecular flexibility index (Phi) is 5.05. The lowest BCUT2D eigenvalue weighted by molar-refractivity contribution is -0.137. The average molecular weight is 402 g/mol. The minimum Gasteiger partial charge on any atom is -0.496 e. The SMILES string of the molecule is COc1ccccc1-c1nnc(S[C@@H]2CCOC2=O)n1-c1ccc(Cl)cc1. The largest absolute Gasteiger partial charge is 0.496 e. The number of carbonyl (C=O) groups excluding carboxylic acids is 1. The van der Waals surface area contributed by atoms with Gasteiger partial charge in [0.1, 0.15) is 11.0 Å². The van der Waals surface area contributed by atoms with Crippen LogP contribution in [0.4, 0.5) is 0 Å². The van der Waals surface area contributed by atoms with Crippen molar-refractivity contribution in [1.82, 2.24) is 14.8 Å². The third-order valence-corrected chi connectivity index (χ3v) is 5.64. The number of aromatic nitrogens is 3. The highest BCUT2D eigenvalue weighted by molar-refractivity contribution is 8.00. The minimum atomic E-state index is -0.286. The molecule has 1 aliphatic rings. The van der Waals surface area contributed by atoms with E-state index < -0.39 is 0 Å². The van der Waals surface area contributed by atoms with E-state index >= 15 is 0 Å². The Hall–Kier alpha value is -2.51. The van der Waals surface area contributed by atoms with Gasteiger partial charge in [-0.2, -0.15) is 0 Å². The van der Waals surface area contributed by atoms with Gasteiger partial charge in [-0.1, -0.05) is 35.5 Å². The van der Waals surface area contributed by atoms with Gasteiger partial charge in [0.15, 0.2) is 11.0 Å². The molecule has 3 aromatic rings. The Labute approximate surface area is 165 Å². The zero-order valence-electron chi connectivity index (χ0n) is 14.5. The van der Waals surface area contributed by atoms with Crippen molar-refractivity contribution in [2.45, 2.75) is 16.8 Å². The summed E-state index contributed by atoms with van der Waals surface area (Å²) in [6.45, 7) is 0.435. The number of halogens is 1. The normalized spacial score (nSPS) is 16.4. The highest BCUT2D eigenvalue weighted by Crippen LogP contribution is 2.36. The molecule has 0 N–H and O–H groups in total. The van der Waals surface area contributed by atoms with Crippen LogP contribution in [0.25, 0.3) is 17.1 Å². The Morgan fingerprint density at radius 1 is 1.19 bits per heavy atom. The van der Waals surface area contributed by atoms with Crippen LogP contribution in [-0.2, 0) is 9.53 Å². The van der Waals surface area contributed by atoms with Crippen molar-refractivity contribution in [3.05, 3.63) is 53.6 Å². The van der Waals surface area contributed by atoms with Gasteiger partial charge in [0, 0.05) is 17.1 Å². The van der Waals surface area contributed by atoms with E-state index in [1.807, 2.05) is 41.0 Å². The van der Waals surface area contributed by atoms with Gasteiger partial charge >= 0.3 is 5.97 Å². The number of ether oxygens (including phenoxy) is 2. The molecular weight excluding hydrogens is 386 g/mol. The third-order valence-electron chi connectivity index (χ3n) is 4.20. The van der Waals surface area contributed by atoms with Crippen LogP contribution in [0.5, 0.6) is 5.75 Å². The summed E-state index contributed by atoms with van der Waals surface area (Å²) in [7, 11) is 1.62. The second-order valence-corrected chi connectivity index (χ2v) is 7.49. The van der Waals surface area contributed by atoms with Crippen molar-refractivity contribution in [3.8, 4) is 22.8 Å². The number of hydrogen-bond donors (Lipinski definition) is 0. The van der Waals surface area contributed by atoms with Gasteiger partial charge in [-0.3, -0.25) is 9.36 Å². The molecule has 1 atom stereocenters. The first-order chi connectivity index (χ1) is 13.2. The molecular formula is C19H16ClN3O3S. The molecule has 0 unspecified atom stereocenters. The highest BCUT2D eigenvalue weighted by Gasteiger charge is 2.30. The van der Waals surface area contributed by atoms with Crippen molar-refractivity contribution in [2.24, 2.45) is 0 Å². The standard InChI is InChI=1S/C19H16ClN3O3S/c1-25-15-5-3-2-4-14(15)17-21-22-19(27-16-10-11-26-18(16)24)23(17)13-8-6-12(20)7-9-13/h2-9,16H,10-11H2,1H3/t16-/m1/s1. The van der Waals surface area contributed by atoms with E-state index in [1.165, 1.54) is 11.8 Å². The van der Waals surface area contributed by atoms with Crippen LogP contribution in [0.3, 0.4) is 0 Å². The first-order valence-corrected chi connectivity index (χ1v) is 9.61. The number of hydrogen-bond acceptors (Lipinski definition) is 6. The van der Waals surface area contributed by atoms with Gasteiger partial charge in [0.2, 0.25) is 0 Å². The summed E-state index contributed by atoms with van der Waals surface area (Å²) in [5.41, 5.74) is 1.66. The van der Waals surface area contributed by atoms with Crippen LogP contribution >= 0.6 is 23.4 Å². The fourth-order valence-electron chi connectivity index (χ4n) is 2.88. The molecule has 0 saturated carbocycles. The highest BCUT2D eigenvalue weighted by atomic mass is 35.5. The predicted octanol–water partition coefficient (Wildman–Crippen LogP) is 4.00. The molecule has 4 rings (SSSR count). The number of methoxy groups -OCH3 is 1. The fourth-order valence-corrected chi connectivity index (χ4v) is 4.03. The number of nitrogens with zero attached hydrogens (tertiary/aromatic N) is 3. The lowest BCUT2D eigenvalue weighted by Crippen LogP contribution is -2.11. The Bertz CT molecular complexity index is 975. The Balaban J connectivity index is 1.84. The van der Waals surface area contributed by atoms with Crippen molar-refractivity contribution < 1.29 is 14.3 Å². The van der Waals surface area contributed by atoms with Crippen molar-refractivity contribution in [2.75, 3.05) is 13.7 Å². The van der Waals surface area contributed by atoms with E-state index in [9.17, 15) is 4.79 Å². The molecule has 138 valence electrons. The van der Waals surface area contributed by atoms with Gasteiger partial charge in [0.05, 0.1) is 19.3 Å². The molecule has 27 heavy (non-hydrogen) atoms. The zero-order valence-corrected chi connectivity index (χ0v) is 16.0. The minimum absolute atomic E-state index is 0.218. The molecule has 8 heteroatoms. The third kappa shape index (κ3) is 3.52. The zero-order chi connectivity index (χ0) is 18.8. The van der Waals surface area contributed by atoms with Crippen LogP contribution in [-0.4, -0.2) is 39.7 Å². The molecule has 1 aliphatic heterocycles. The van der Waals surface area contributed by atoms with E-state index in [0.29, 0.717) is 34.8 Å². The number of thioether (sulfide) groups is 1. The number of benzene rings is 2. The summed E-state index contributed by atoms with van der Waals surface area (Å²) in [4.78, 5) is 11.9. The maximum atomic E-state index is 11.9. The number of para-hydroxylation sites is 1. The molecule has 1 saturated heterocycles. The smallest absolute Gasteiger partial charge is 0.319 e. The summed E-state index contributed by atoms with van der Waals surface area (Å²) in [6, 6.07) is 15.0. The monoisotopic (exact) mass is 401 g/mol. The summed E-state index contributed by atoms with van der Waals surface area (Å²) in [5.74, 6) is 1.10. The van der Waals surface area contributed by atoms with Crippen molar-refractivity contribution in [1.29, 1.82) is 0 Å². The van der Waals surface area contributed by atoms with E-state index in [1.54, 1.807) is 19.2 Å². The van der Waals surface area contributed by atoms with Gasteiger partial charge in [0.25, 0.3) is 0 Å².